The average Bonchev–Trinajstić information content (AvgIpc) is 2.56. The summed E-state index contributed by atoms with van der Waals surface area (Å²) in [4.78, 5) is 22.4. The predicted octanol–water partition coefficient (Wildman–Crippen LogP) is 3.76. The second-order valence-corrected chi connectivity index (χ2v) is 5.15. The third-order valence-corrected chi connectivity index (χ3v) is 3.74. The smallest absolute Gasteiger partial charge is 0.337 e. The summed E-state index contributed by atoms with van der Waals surface area (Å²) in [5.74, 6) is -0.391. The van der Waals surface area contributed by atoms with Gasteiger partial charge < -0.3 is 10.1 Å². The zero-order valence-electron chi connectivity index (χ0n) is 12.8. The molecule has 0 aliphatic heterocycles. The van der Waals surface area contributed by atoms with Gasteiger partial charge >= 0.3 is 5.97 Å². The van der Waals surface area contributed by atoms with Gasteiger partial charge in [0.15, 0.2) is 0 Å². The Morgan fingerprint density at radius 2 is 1.77 bits per heavy atom. The van der Waals surface area contributed by atoms with E-state index in [1.54, 1.807) is 36.0 Å². The van der Waals surface area contributed by atoms with Crippen LogP contribution in [-0.4, -0.2) is 25.7 Å². The molecule has 0 radical (unpaired) electrons. The van der Waals surface area contributed by atoms with E-state index in [1.165, 1.54) is 17.6 Å². The third kappa shape index (κ3) is 5.61. The Kier molecular flexibility index (Phi) is 7.78. The lowest BCUT2D eigenvalue weighted by Gasteiger charge is -2.00. The van der Waals surface area contributed by atoms with Crippen molar-refractivity contribution in [3.8, 4) is 0 Å². The number of nitrogens with one attached hydrogen (secondary N) is 1. The first kappa shape index (κ1) is 17.8. The molecule has 0 saturated carbocycles. The van der Waals surface area contributed by atoms with Crippen molar-refractivity contribution >= 4 is 29.8 Å². The van der Waals surface area contributed by atoms with Gasteiger partial charge in [0.1, 0.15) is 0 Å². The molecule has 0 fully saturated rings. The molecule has 0 aliphatic rings. The predicted molar refractivity (Wildman–Crippen MR) is 90.4 cm³/mol. The van der Waals surface area contributed by atoms with Gasteiger partial charge in [0.2, 0.25) is 6.41 Å². The van der Waals surface area contributed by atoms with Crippen molar-refractivity contribution in [2.75, 3.05) is 18.7 Å². The number of anilines is 1. The van der Waals surface area contributed by atoms with Crippen molar-refractivity contribution in [2.24, 2.45) is 0 Å². The molecule has 2 aromatic carbocycles. The van der Waals surface area contributed by atoms with Crippen molar-refractivity contribution < 1.29 is 14.3 Å². The molecular formula is C17H19NO3S. The molecular weight excluding hydrogens is 298 g/mol. The highest BCUT2D eigenvalue weighted by Gasteiger charge is 2.03. The Morgan fingerprint density at radius 1 is 1.14 bits per heavy atom. The van der Waals surface area contributed by atoms with E-state index in [4.69, 9.17) is 0 Å². The molecule has 0 aliphatic carbocycles. The van der Waals surface area contributed by atoms with Crippen LogP contribution in [0.1, 0.15) is 15.9 Å². The highest BCUT2D eigenvalue weighted by Crippen LogP contribution is 2.17. The molecule has 2 aromatic rings. The molecule has 1 N–H and O–H groups in total. The van der Waals surface area contributed by atoms with Crippen LogP contribution in [0.4, 0.5) is 5.69 Å². The number of rotatable bonds is 4. The molecule has 22 heavy (non-hydrogen) atoms. The number of amides is 1. The summed E-state index contributed by atoms with van der Waals surface area (Å²) in [6.45, 7) is 2.13. The Morgan fingerprint density at radius 3 is 2.23 bits per heavy atom. The normalized spacial score (nSPS) is 9.23. The molecule has 0 saturated heterocycles. The molecule has 2 rings (SSSR count). The van der Waals surface area contributed by atoms with Gasteiger partial charge in [-0.05, 0) is 49.1 Å². The summed E-state index contributed by atoms with van der Waals surface area (Å²) in [5, 5.41) is 2.46. The maximum atomic E-state index is 11.0. The highest BCUT2D eigenvalue weighted by atomic mass is 32.2. The van der Waals surface area contributed by atoms with Crippen molar-refractivity contribution in [1.82, 2.24) is 0 Å². The first-order valence-corrected chi connectivity index (χ1v) is 7.83. The van der Waals surface area contributed by atoms with Crippen molar-refractivity contribution in [2.45, 2.75) is 11.8 Å². The number of ether oxygens (including phenoxy) is 1. The van der Waals surface area contributed by atoms with E-state index in [1.807, 2.05) is 0 Å². The van der Waals surface area contributed by atoms with E-state index < -0.39 is 5.97 Å². The maximum Gasteiger partial charge on any atom is 0.337 e. The third-order valence-electron chi connectivity index (χ3n) is 2.85. The Labute approximate surface area is 134 Å². The minimum Gasteiger partial charge on any atom is -0.465 e. The molecule has 116 valence electrons. The van der Waals surface area contributed by atoms with E-state index in [0.29, 0.717) is 17.7 Å². The summed E-state index contributed by atoms with van der Waals surface area (Å²) < 4.78 is 4.51. The number of aryl methyl sites for hydroxylation is 1. The van der Waals surface area contributed by atoms with Crippen LogP contribution in [0.15, 0.2) is 53.4 Å². The van der Waals surface area contributed by atoms with Crippen LogP contribution in [0.5, 0.6) is 0 Å². The standard InChI is InChI=1S/C9H9NO3.C8H10S/c1-13-9(12)7-2-4-8(5-3-7)10-6-11;1-7-5-3-4-6-8(7)9-2/h2-6H,1H3,(H,10,11);3-6H,1-2H3. The van der Waals surface area contributed by atoms with Crippen molar-refractivity contribution in [1.29, 1.82) is 0 Å². The fraction of sp³-hybridized carbons (Fsp3) is 0.176. The molecule has 4 nitrogen and oxygen atoms in total. The minimum absolute atomic E-state index is 0.391. The zero-order valence-corrected chi connectivity index (χ0v) is 13.6. The van der Waals surface area contributed by atoms with Gasteiger partial charge in [-0.15, -0.1) is 11.8 Å². The molecule has 0 atom stereocenters. The van der Waals surface area contributed by atoms with Gasteiger partial charge in [0, 0.05) is 10.6 Å². The first-order chi connectivity index (χ1) is 10.6. The monoisotopic (exact) mass is 317 g/mol. The fourth-order valence-corrected chi connectivity index (χ4v) is 2.28. The Hall–Kier alpha value is -2.27. The van der Waals surface area contributed by atoms with Crippen molar-refractivity contribution in [3.63, 3.8) is 0 Å². The number of hydrogen-bond donors (Lipinski definition) is 1. The lowest BCUT2D eigenvalue weighted by Crippen LogP contribution is -2.01. The van der Waals surface area contributed by atoms with Gasteiger partial charge in [0.05, 0.1) is 12.7 Å². The molecule has 0 unspecified atom stereocenters. The lowest BCUT2D eigenvalue weighted by atomic mass is 10.2. The quantitative estimate of drug-likeness (QED) is 0.530. The second-order valence-electron chi connectivity index (χ2n) is 4.30. The van der Waals surface area contributed by atoms with Gasteiger partial charge in [-0.3, -0.25) is 4.79 Å². The maximum absolute atomic E-state index is 11.0. The van der Waals surface area contributed by atoms with Crippen LogP contribution < -0.4 is 5.32 Å². The number of esters is 1. The highest BCUT2D eigenvalue weighted by molar-refractivity contribution is 7.98. The second kappa shape index (κ2) is 9.63. The van der Waals surface area contributed by atoms with E-state index >= 15 is 0 Å². The van der Waals surface area contributed by atoms with Crippen LogP contribution in [0.2, 0.25) is 0 Å². The van der Waals surface area contributed by atoms with Crippen LogP contribution in [0.3, 0.4) is 0 Å². The van der Waals surface area contributed by atoms with E-state index in [0.717, 1.165) is 0 Å². The number of methoxy groups -OCH3 is 1. The minimum atomic E-state index is -0.391. The van der Waals surface area contributed by atoms with Crippen molar-refractivity contribution in [3.05, 3.63) is 59.7 Å². The van der Waals surface area contributed by atoms with E-state index in [9.17, 15) is 9.59 Å². The Bertz CT molecular complexity index is 612. The Balaban J connectivity index is 0.000000235. The molecule has 0 heterocycles. The SMILES string of the molecule is COC(=O)c1ccc(NC=O)cc1.CSc1ccccc1C. The number of thioether (sulfide) groups is 1. The fourth-order valence-electron chi connectivity index (χ4n) is 1.67. The number of carbonyl (C=O) groups is 2. The van der Waals surface area contributed by atoms with Gasteiger partial charge in [-0.1, -0.05) is 18.2 Å². The topological polar surface area (TPSA) is 55.4 Å². The van der Waals surface area contributed by atoms with E-state index in [-0.39, 0.29) is 0 Å². The molecule has 5 heteroatoms. The van der Waals surface area contributed by atoms with E-state index in [2.05, 4.69) is 47.5 Å². The summed E-state index contributed by atoms with van der Waals surface area (Å²) in [6.07, 6.45) is 2.68. The van der Waals surface area contributed by atoms with Gasteiger partial charge in [-0.2, -0.15) is 0 Å². The number of carbonyl (C=O) groups excluding carboxylic acids is 2. The van der Waals surface area contributed by atoms with Crippen LogP contribution in [0, 0.1) is 6.92 Å². The van der Waals surface area contributed by atoms with Gasteiger partial charge in [0.25, 0.3) is 0 Å². The molecule has 0 aromatic heterocycles. The summed E-state index contributed by atoms with van der Waals surface area (Å²) in [6, 6.07) is 14.8. The molecule has 0 spiro atoms. The molecule has 0 bridgehead atoms. The van der Waals surface area contributed by atoms with Crippen LogP contribution in [0.25, 0.3) is 0 Å². The number of benzene rings is 2. The summed E-state index contributed by atoms with van der Waals surface area (Å²) in [7, 11) is 1.32. The van der Waals surface area contributed by atoms with Gasteiger partial charge in [-0.25, -0.2) is 4.79 Å². The van der Waals surface area contributed by atoms with Crippen LogP contribution >= 0.6 is 11.8 Å². The summed E-state index contributed by atoms with van der Waals surface area (Å²) in [5.41, 5.74) is 2.46. The van der Waals surface area contributed by atoms with Crippen LogP contribution in [-0.2, 0) is 9.53 Å². The molecule has 1 amide bonds. The zero-order chi connectivity index (χ0) is 16.4. The average molecular weight is 317 g/mol. The largest absolute Gasteiger partial charge is 0.465 e. The first-order valence-electron chi connectivity index (χ1n) is 6.60. The lowest BCUT2D eigenvalue weighted by molar-refractivity contribution is -0.105. The summed E-state index contributed by atoms with van der Waals surface area (Å²) >= 11 is 1.80. The number of hydrogen-bond acceptors (Lipinski definition) is 4.